The molecule has 0 bridgehead atoms. The molecule has 3 rings (SSSR count). The summed E-state index contributed by atoms with van der Waals surface area (Å²) in [6.45, 7) is 1.78. The lowest BCUT2D eigenvalue weighted by atomic mass is 10.1. The number of allylic oxidation sites excluding steroid dienone is 1. The van der Waals surface area contributed by atoms with E-state index < -0.39 is 11.7 Å². The molecule has 0 radical (unpaired) electrons. The molecule has 104 valence electrons. The first kappa shape index (κ1) is 12.7. The largest absolute Gasteiger partial charge is 0.416 e. The predicted molar refractivity (Wildman–Crippen MR) is 69.0 cm³/mol. The second kappa shape index (κ2) is 4.36. The molecular formula is C13H11F3N4. The zero-order valence-corrected chi connectivity index (χ0v) is 10.5. The quantitative estimate of drug-likeness (QED) is 0.858. The second-order valence-corrected chi connectivity index (χ2v) is 4.50. The highest BCUT2D eigenvalue weighted by Crippen LogP contribution is 2.30. The highest BCUT2D eigenvalue weighted by atomic mass is 19.4. The monoisotopic (exact) mass is 280 g/mol. The van der Waals surface area contributed by atoms with Crippen LogP contribution < -0.4 is 5.43 Å². The van der Waals surface area contributed by atoms with Crippen LogP contribution in [0.2, 0.25) is 0 Å². The molecule has 0 fully saturated rings. The number of hydrogen-bond donors (Lipinski definition) is 1. The Morgan fingerprint density at radius 2 is 2.10 bits per heavy atom. The fraction of sp³-hybridized carbons (Fsp3) is 0.231. The topological polar surface area (TPSA) is 40.0 Å². The van der Waals surface area contributed by atoms with E-state index >= 15 is 0 Å². The molecule has 20 heavy (non-hydrogen) atoms. The summed E-state index contributed by atoms with van der Waals surface area (Å²) in [7, 11) is 0. The summed E-state index contributed by atoms with van der Waals surface area (Å²) in [5.41, 5.74) is 3.08. The number of nitrogens with zero attached hydrogens (tertiary/aromatic N) is 3. The summed E-state index contributed by atoms with van der Waals surface area (Å²) in [6, 6.07) is 5.13. The van der Waals surface area contributed by atoms with Crippen LogP contribution in [0.3, 0.4) is 0 Å². The SMILES string of the molecule is CC1=NNC2C=CC(c3cccc(C(F)(F)F)c3)=NN12. The summed E-state index contributed by atoms with van der Waals surface area (Å²) < 4.78 is 38.1. The number of fused-ring (bicyclic) bond motifs is 1. The minimum absolute atomic E-state index is 0.162. The first-order chi connectivity index (χ1) is 9.45. The van der Waals surface area contributed by atoms with Crippen LogP contribution in [0.1, 0.15) is 18.1 Å². The number of hydrogen-bond acceptors (Lipinski definition) is 4. The Labute approximate surface area is 113 Å². The normalized spacial score (nSPS) is 21.2. The fourth-order valence-electron chi connectivity index (χ4n) is 2.07. The molecule has 0 amide bonds. The van der Waals surface area contributed by atoms with E-state index in [2.05, 4.69) is 15.6 Å². The molecule has 0 aliphatic carbocycles. The number of hydrazone groups is 2. The lowest BCUT2D eigenvalue weighted by molar-refractivity contribution is -0.137. The zero-order chi connectivity index (χ0) is 14.3. The van der Waals surface area contributed by atoms with Gasteiger partial charge in [0.2, 0.25) is 0 Å². The molecule has 0 saturated heterocycles. The molecule has 1 unspecified atom stereocenters. The van der Waals surface area contributed by atoms with Gasteiger partial charge in [-0.05, 0) is 31.2 Å². The second-order valence-electron chi connectivity index (χ2n) is 4.50. The van der Waals surface area contributed by atoms with Crippen LogP contribution in [-0.2, 0) is 6.18 Å². The summed E-state index contributed by atoms with van der Waals surface area (Å²) in [6.07, 6.45) is -1.02. The molecule has 0 saturated carbocycles. The molecule has 1 aromatic rings. The molecule has 2 aliphatic heterocycles. The van der Waals surface area contributed by atoms with E-state index in [1.165, 1.54) is 6.07 Å². The molecule has 1 N–H and O–H groups in total. The van der Waals surface area contributed by atoms with Crippen molar-refractivity contribution in [1.29, 1.82) is 0 Å². The van der Waals surface area contributed by atoms with Gasteiger partial charge < -0.3 is 0 Å². The van der Waals surface area contributed by atoms with Gasteiger partial charge >= 0.3 is 6.18 Å². The third-order valence-electron chi connectivity index (χ3n) is 3.09. The Morgan fingerprint density at radius 1 is 1.30 bits per heavy atom. The van der Waals surface area contributed by atoms with Crippen LogP contribution in [0.15, 0.2) is 46.6 Å². The van der Waals surface area contributed by atoms with Gasteiger partial charge in [0.15, 0.2) is 6.17 Å². The van der Waals surface area contributed by atoms with Gasteiger partial charge in [0.05, 0.1) is 11.3 Å². The van der Waals surface area contributed by atoms with Gasteiger partial charge in [0.1, 0.15) is 5.84 Å². The minimum atomic E-state index is -4.36. The van der Waals surface area contributed by atoms with Gasteiger partial charge in [-0.3, -0.25) is 5.43 Å². The van der Waals surface area contributed by atoms with Gasteiger partial charge in [0, 0.05) is 5.56 Å². The van der Waals surface area contributed by atoms with E-state index in [0.717, 1.165) is 12.1 Å². The Balaban J connectivity index is 1.96. The average Bonchev–Trinajstić information content (AvgIpc) is 2.79. The van der Waals surface area contributed by atoms with E-state index in [1.54, 1.807) is 24.1 Å². The third kappa shape index (κ3) is 2.15. The Bertz CT molecular complexity index is 631. The number of nitrogens with one attached hydrogen (secondary N) is 1. The summed E-state index contributed by atoms with van der Waals surface area (Å²) in [4.78, 5) is 0. The molecule has 2 aliphatic rings. The standard InChI is InChI=1S/C13H11F3N4/c1-8-17-18-12-6-5-11(19-20(8)12)9-3-2-4-10(7-9)13(14,15)16/h2-7,12,18H,1H3. The predicted octanol–water partition coefficient (Wildman–Crippen LogP) is 2.54. The molecular weight excluding hydrogens is 269 g/mol. The summed E-state index contributed by atoms with van der Waals surface area (Å²) in [5, 5.41) is 9.98. The van der Waals surface area contributed by atoms with Crippen LogP contribution in [0.4, 0.5) is 13.2 Å². The maximum Gasteiger partial charge on any atom is 0.416 e. The van der Waals surface area contributed by atoms with Crippen LogP contribution >= 0.6 is 0 Å². The number of halogens is 3. The molecule has 0 aromatic heterocycles. The number of benzene rings is 1. The van der Waals surface area contributed by atoms with Crippen molar-refractivity contribution in [3.8, 4) is 0 Å². The first-order valence-electron chi connectivity index (χ1n) is 5.98. The molecule has 2 heterocycles. The van der Waals surface area contributed by atoms with Gasteiger partial charge in [-0.1, -0.05) is 12.1 Å². The van der Waals surface area contributed by atoms with Crippen molar-refractivity contribution in [2.45, 2.75) is 19.3 Å². The number of amidine groups is 1. The van der Waals surface area contributed by atoms with Crippen LogP contribution in [0.5, 0.6) is 0 Å². The van der Waals surface area contributed by atoms with Gasteiger partial charge in [-0.25, -0.2) is 5.01 Å². The van der Waals surface area contributed by atoms with E-state index in [4.69, 9.17) is 0 Å². The van der Waals surface area contributed by atoms with E-state index in [-0.39, 0.29) is 6.17 Å². The number of rotatable bonds is 1. The van der Waals surface area contributed by atoms with Crippen molar-refractivity contribution >= 4 is 11.5 Å². The lowest BCUT2D eigenvalue weighted by Crippen LogP contribution is -2.37. The molecule has 7 heteroatoms. The third-order valence-corrected chi connectivity index (χ3v) is 3.09. The minimum Gasteiger partial charge on any atom is -0.280 e. The van der Waals surface area contributed by atoms with Gasteiger partial charge in [0.25, 0.3) is 0 Å². The van der Waals surface area contributed by atoms with E-state index in [0.29, 0.717) is 17.1 Å². The smallest absolute Gasteiger partial charge is 0.280 e. The van der Waals surface area contributed by atoms with Gasteiger partial charge in [-0.15, -0.1) is 0 Å². The van der Waals surface area contributed by atoms with Crippen LogP contribution in [0.25, 0.3) is 0 Å². The van der Waals surface area contributed by atoms with Crippen molar-refractivity contribution in [1.82, 2.24) is 10.4 Å². The molecule has 4 nitrogen and oxygen atoms in total. The summed E-state index contributed by atoms with van der Waals surface area (Å²) in [5.74, 6) is 0.670. The van der Waals surface area contributed by atoms with Crippen molar-refractivity contribution in [2.24, 2.45) is 10.2 Å². The number of alkyl halides is 3. The molecule has 1 atom stereocenters. The average molecular weight is 280 g/mol. The van der Waals surface area contributed by atoms with Crippen molar-refractivity contribution in [3.05, 3.63) is 47.5 Å². The maximum absolute atomic E-state index is 12.7. The fourth-order valence-corrected chi connectivity index (χ4v) is 2.07. The highest BCUT2D eigenvalue weighted by Gasteiger charge is 2.31. The first-order valence-corrected chi connectivity index (χ1v) is 5.98. The Kier molecular flexibility index (Phi) is 2.77. The lowest BCUT2D eigenvalue weighted by Gasteiger charge is -2.23. The van der Waals surface area contributed by atoms with E-state index in [1.807, 2.05) is 6.08 Å². The highest BCUT2D eigenvalue weighted by molar-refractivity contribution is 6.09. The Morgan fingerprint density at radius 3 is 2.85 bits per heavy atom. The van der Waals surface area contributed by atoms with Crippen LogP contribution in [-0.4, -0.2) is 22.7 Å². The molecule has 1 aromatic carbocycles. The van der Waals surface area contributed by atoms with Crippen molar-refractivity contribution in [3.63, 3.8) is 0 Å². The van der Waals surface area contributed by atoms with Crippen molar-refractivity contribution < 1.29 is 13.2 Å². The Hall–Kier alpha value is -2.31. The van der Waals surface area contributed by atoms with Gasteiger partial charge in [-0.2, -0.15) is 23.4 Å². The molecule has 0 spiro atoms. The van der Waals surface area contributed by atoms with Crippen molar-refractivity contribution in [2.75, 3.05) is 0 Å². The van der Waals surface area contributed by atoms with Crippen LogP contribution in [0, 0.1) is 0 Å². The zero-order valence-electron chi connectivity index (χ0n) is 10.5. The maximum atomic E-state index is 12.7. The summed E-state index contributed by atoms with van der Waals surface area (Å²) >= 11 is 0. The van der Waals surface area contributed by atoms with E-state index in [9.17, 15) is 13.2 Å².